The summed E-state index contributed by atoms with van der Waals surface area (Å²) < 4.78 is 39.5. The van der Waals surface area contributed by atoms with Crippen LogP contribution >= 0.6 is 0 Å². The van der Waals surface area contributed by atoms with Crippen LogP contribution in [0.1, 0.15) is 173 Å². The molecule has 1 saturated heterocycles. The van der Waals surface area contributed by atoms with Gasteiger partial charge in [-0.1, -0.05) is 129 Å². The van der Waals surface area contributed by atoms with E-state index in [1.54, 1.807) is 0 Å². The second kappa shape index (κ2) is 23.9. The molecule has 0 spiro atoms. The maximum Gasteiger partial charge on any atom is 0.364 e. The summed E-state index contributed by atoms with van der Waals surface area (Å²) in [7, 11) is 0. The number of rotatable bonds is 32. The van der Waals surface area contributed by atoms with Crippen molar-refractivity contribution in [3.8, 4) is 0 Å². The number of aryl methyl sites for hydroxylation is 1. The van der Waals surface area contributed by atoms with Crippen molar-refractivity contribution in [3.05, 3.63) is 10.5 Å². The van der Waals surface area contributed by atoms with Gasteiger partial charge in [0.25, 0.3) is 0 Å². The Morgan fingerprint density at radius 1 is 0.768 bits per heavy atom. The highest BCUT2D eigenvalue weighted by Crippen LogP contribution is 2.77. The minimum absolute atomic E-state index is 0.220. The molecule has 4 aliphatic rings. The number of aliphatic hydroxyl groups is 6. The average molecular weight is 805 g/mol. The van der Waals surface area contributed by atoms with Crippen LogP contribution in [-0.4, -0.2) is 113 Å². The van der Waals surface area contributed by atoms with E-state index in [0.29, 0.717) is 45.1 Å². The lowest BCUT2D eigenvalue weighted by molar-refractivity contribution is -0.304. The van der Waals surface area contributed by atoms with Gasteiger partial charge in [0.1, 0.15) is 36.6 Å². The molecule has 2 heterocycles. The topological polar surface area (TPSA) is 193 Å². The zero-order valence-corrected chi connectivity index (χ0v) is 33.9. The summed E-state index contributed by atoms with van der Waals surface area (Å²) in [4.78, 5) is 13.5. The van der Waals surface area contributed by atoms with Gasteiger partial charge in [0, 0.05) is 12.0 Å². The fraction of sp³-hybridized carbons (Fsp3) is 0.976. The molecule has 2 bridgehead atoms. The minimum atomic E-state index is -2.16. The minimum Gasteiger partial charge on any atom is -0.394 e. The Balaban J connectivity index is 1.19. The zero-order chi connectivity index (χ0) is 40.6. The SMILES string of the molecule is CCCCCCCCCCCCCC[C@@H](O)[C@@H](O)[C@H](COC1OC(CO)C(O)C(O)C1O)n1nnn(CCCCCCCCCCC23CC(C(F)F)(C2)C3)c1=O. The lowest BCUT2D eigenvalue weighted by Gasteiger charge is -2.70. The van der Waals surface area contributed by atoms with E-state index in [9.17, 15) is 44.2 Å². The molecule has 8 atom stereocenters. The largest absolute Gasteiger partial charge is 0.394 e. The van der Waals surface area contributed by atoms with Crippen molar-refractivity contribution in [3.63, 3.8) is 0 Å². The number of nitrogens with zero attached hydrogens (tertiary/aromatic N) is 4. The van der Waals surface area contributed by atoms with Crippen LogP contribution in [0, 0.1) is 10.8 Å². The molecule has 15 heteroatoms. The molecule has 5 rings (SSSR count). The molecule has 326 valence electrons. The van der Waals surface area contributed by atoms with Crippen LogP contribution in [0.25, 0.3) is 0 Å². The van der Waals surface area contributed by atoms with Gasteiger partial charge >= 0.3 is 5.69 Å². The zero-order valence-electron chi connectivity index (χ0n) is 33.9. The summed E-state index contributed by atoms with van der Waals surface area (Å²) in [6, 6.07) is -1.21. The number of halogens is 2. The number of hydrogen-bond donors (Lipinski definition) is 6. The van der Waals surface area contributed by atoms with Crippen molar-refractivity contribution in [1.29, 1.82) is 0 Å². The number of alkyl halides is 2. The van der Waals surface area contributed by atoms with Crippen LogP contribution in [0.4, 0.5) is 8.78 Å². The second-order valence-corrected chi connectivity index (χ2v) is 17.5. The van der Waals surface area contributed by atoms with Crippen molar-refractivity contribution in [1.82, 2.24) is 19.8 Å². The molecular formula is C41H74F2N4O9. The van der Waals surface area contributed by atoms with Crippen molar-refractivity contribution in [2.24, 2.45) is 10.8 Å². The molecule has 56 heavy (non-hydrogen) atoms. The molecule has 0 amide bonds. The number of tetrazole rings is 1. The summed E-state index contributed by atoms with van der Waals surface area (Å²) in [5, 5.41) is 70.9. The number of hydrogen-bond acceptors (Lipinski definition) is 11. The first-order valence-electron chi connectivity index (χ1n) is 22.1. The molecule has 0 radical (unpaired) electrons. The molecule has 6 N–H and O–H groups in total. The van der Waals surface area contributed by atoms with Gasteiger partial charge in [0.2, 0.25) is 6.43 Å². The third kappa shape index (κ3) is 13.2. The molecule has 1 aromatic heterocycles. The summed E-state index contributed by atoms with van der Waals surface area (Å²) in [6.45, 7) is 1.45. The Morgan fingerprint density at radius 3 is 1.86 bits per heavy atom. The number of aromatic nitrogens is 4. The van der Waals surface area contributed by atoms with Crippen molar-refractivity contribution in [2.45, 2.75) is 229 Å². The van der Waals surface area contributed by atoms with Crippen LogP contribution < -0.4 is 5.69 Å². The van der Waals surface area contributed by atoms with Gasteiger partial charge in [-0.3, -0.25) is 0 Å². The molecule has 1 aromatic rings. The molecule has 13 nitrogen and oxygen atoms in total. The molecule has 3 saturated carbocycles. The third-order valence-electron chi connectivity index (χ3n) is 12.9. The van der Waals surface area contributed by atoms with Gasteiger partial charge in [-0.25, -0.2) is 13.6 Å². The van der Waals surface area contributed by atoms with Crippen LogP contribution in [0.5, 0.6) is 0 Å². The second-order valence-electron chi connectivity index (χ2n) is 17.5. The lowest BCUT2D eigenvalue weighted by atomic mass is 9.34. The van der Waals surface area contributed by atoms with Gasteiger partial charge in [-0.05, 0) is 54.4 Å². The first-order valence-corrected chi connectivity index (χ1v) is 22.1. The van der Waals surface area contributed by atoms with Crippen LogP contribution in [0.3, 0.4) is 0 Å². The van der Waals surface area contributed by atoms with Crippen LogP contribution in [0.2, 0.25) is 0 Å². The monoisotopic (exact) mass is 805 g/mol. The number of unbranched alkanes of at least 4 members (excludes halogenated alkanes) is 18. The molecule has 4 fully saturated rings. The molecule has 1 aliphatic heterocycles. The van der Waals surface area contributed by atoms with E-state index >= 15 is 0 Å². The Kier molecular flexibility index (Phi) is 20.1. The first-order chi connectivity index (χ1) is 27.0. The summed E-state index contributed by atoms with van der Waals surface area (Å²) in [6.07, 6.45) is 13.1. The quantitative estimate of drug-likeness (QED) is 0.0500. The summed E-state index contributed by atoms with van der Waals surface area (Å²) >= 11 is 0. The smallest absolute Gasteiger partial charge is 0.364 e. The van der Waals surface area contributed by atoms with Gasteiger partial charge in [0.05, 0.1) is 19.3 Å². The number of ether oxygens (including phenoxy) is 2. The molecule has 5 unspecified atom stereocenters. The van der Waals surface area contributed by atoms with E-state index in [1.807, 2.05) is 0 Å². The Labute approximate surface area is 332 Å². The van der Waals surface area contributed by atoms with E-state index in [-0.39, 0.29) is 5.41 Å². The molecule has 3 aliphatic carbocycles. The van der Waals surface area contributed by atoms with E-state index in [0.717, 1.165) is 75.3 Å². The predicted octanol–water partition coefficient (Wildman–Crippen LogP) is 5.56. The fourth-order valence-corrected chi connectivity index (χ4v) is 9.37. The number of aliphatic hydroxyl groups excluding tert-OH is 6. The predicted molar refractivity (Wildman–Crippen MR) is 207 cm³/mol. The van der Waals surface area contributed by atoms with E-state index in [1.165, 1.54) is 56.0 Å². The van der Waals surface area contributed by atoms with Gasteiger partial charge in [-0.2, -0.15) is 9.36 Å². The normalized spacial score (nSPS) is 28.9. The molecule has 0 aromatic carbocycles. The highest BCUT2D eigenvalue weighted by atomic mass is 19.3. The van der Waals surface area contributed by atoms with Gasteiger partial charge in [0.15, 0.2) is 6.29 Å². The van der Waals surface area contributed by atoms with Crippen LogP contribution in [0.15, 0.2) is 4.79 Å². The average Bonchev–Trinajstić information content (AvgIpc) is 3.51. The fourth-order valence-electron chi connectivity index (χ4n) is 9.37. The van der Waals surface area contributed by atoms with Gasteiger partial charge < -0.3 is 40.1 Å². The Hall–Kier alpha value is -1.59. The van der Waals surface area contributed by atoms with E-state index < -0.39 is 79.7 Å². The van der Waals surface area contributed by atoms with Crippen molar-refractivity contribution < 1.29 is 48.9 Å². The summed E-state index contributed by atoms with van der Waals surface area (Å²) in [5.41, 5.74) is -1.01. The maximum absolute atomic E-state index is 13.5. The Morgan fingerprint density at radius 2 is 1.30 bits per heavy atom. The summed E-state index contributed by atoms with van der Waals surface area (Å²) in [5.74, 6) is 0. The third-order valence-corrected chi connectivity index (χ3v) is 12.9. The van der Waals surface area contributed by atoms with Crippen molar-refractivity contribution in [2.75, 3.05) is 13.2 Å². The van der Waals surface area contributed by atoms with Crippen LogP contribution in [-0.2, 0) is 16.0 Å². The first kappa shape index (κ1) is 47.1. The Bertz CT molecular complexity index is 1270. The van der Waals surface area contributed by atoms with E-state index in [4.69, 9.17) is 9.47 Å². The van der Waals surface area contributed by atoms with Crippen molar-refractivity contribution >= 4 is 0 Å². The lowest BCUT2D eigenvalue weighted by Crippen LogP contribution is -2.64. The van der Waals surface area contributed by atoms with Gasteiger partial charge in [-0.15, -0.1) is 0 Å². The standard InChI is InChI=1S/C41H74F2N4O9/c1-2-3-4-5-6-7-8-9-10-13-16-19-22-31(49)33(50)30(26-55-37-36(53)35(52)34(51)32(25-48)56-37)47-39(54)46(44-45-47)24-21-18-15-12-11-14-17-20-23-40-27-41(28-40,29-40)38(42)43/h30-38,48-53H,2-29H2,1H3/t30-,31+,32?,33-,34?,35?,36?,37?,40?,41?/m0/s1. The molecular weight excluding hydrogens is 730 g/mol. The maximum atomic E-state index is 13.5. The van der Waals surface area contributed by atoms with E-state index in [2.05, 4.69) is 17.4 Å². The highest BCUT2D eigenvalue weighted by Gasteiger charge is 2.70. The highest BCUT2D eigenvalue weighted by molar-refractivity contribution is 5.17.